The van der Waals surface area contributed by atoms with Gasteiger partial charge in [0.2, 0.25) is 0 Å². The molecule has 1 N–H and O–H groups in total. The molecule has 0 spiro atoms. The summed E-state index contributed by atoms with van der Waals surface area (Å²) in [5.74, 6) is 0. The minimum Gasteiger partial charge on any atom is -0.355 e. The lowest BCUT2D eigenvalue weighted by Gasteiger charge is -1.95. The van der Waals surface area contributed by atoms with E-state index in [1.807, 2.05) is 6.07 Å². The Bertz CT molecular complexity index is 640. The maximum atomic E-state index is 3.45. The molecule has 0 atom stereocenters. The highest BCUT2D eigenvalue weighted by Gasteiger charge is 2.03. The minimum atomic E-state index is 1.18. The summed E-state index contributed by atoms with van der Waals surface area (Å²) in [5, 5.41) is 1.27. The van der Waals surface area contributed by atoms with E-state index < -0.39 is 0 Å². The Morgan fingerprint density at radius 3 is 2.53 bits per heavy atom. The van der Waals surface area contributed by atoms with E-state index in [0.29, 0.717) is 0 Å². The second-order valence-corrected chi connectivity index (χ2v) is 4.88. The zero-order valence-electron chi connectivity index (χ0n) is 9.60. The number of aromatic amines is 1. The van der Waals surface area contributed by atoms with Crippen molar-refractivity contribution in [1.29, 1.82) is 0 Å². The van der Waals surface area contributed by atoms with Gasteiger partial charge in [0.15, 0.2) is 0 Å². The molecule has 0 aliphatic carbocycles. The van der Waals surface area contributed by atoms with Gasteiger partial charge in [0.25, 0.3) is 0 Å². The summed E-state index contributed by atoms with van der Waals surface area (Å²) in [6.45, 7) is 0. The van der Waals surface area contributed by atoms with Crippen LogP contribution in [0.4, 0.5) is 0 Å². The second kappa shape index (κ2) is 4.30. The van der Waals surface area contributed by atoms with Crippen LogP contribution in [-0.4, -0.2) is 11.2 Å². The molecule has 2 heteroatoms. The Morgan fingerprint density at radius 1 is 0.941 bits per heavy atom. The van der Waals surface area contributed by atoms with Crippen molar-refractivity contribution in [3.05, 3.63) is 54.6 Å². The van der Waals surface area contributed by atoms with Gasteiger partial charge in [-0.05, 0) is 36.1 Å². The predicted octanol–water partition coefficient (Wildman–Crippen LogP) is 4.56. The first-order chi connectivity index (χ1) is 8.36. The van der Waals surface area contributed by atoms with Crippen LogP contribution in [0.15, 0.2) is 59.5 Å². The maximum Gasteiger partial charge on any atom is 0.0464 e. The van der Waals surface area contributed by atoms with E-state index in [2.05, 4.69) is 59.8 Å². The molecule has 0 saturated heterocycles. The summed E-state index contributed by atoms with van der Waals surface area (Å²) in [6, 6.07) is 19.2. The van der Waals surface area contributed by atoms with Crippen molar-refractivity contribution in [2.75, 3.05) is 6.26 Å². The summed E-state index contributed by atoms with van der Waals surface area (Å²) >= 11 is 1.77. The molecule has 2 aromatic carbocycles. The molecule has 3 aromatic rings. The molecular formula is C15H13NS. The van der Waals surface area contributed by atoms with Gasteiger partial charge in [-0.2, -0.15) is 0 Å². The molecule has 17 heavy (non-hydrogen) atoms. The molecule has 0 amide bonds. The van der Waals surface area contributed by atoms with Crippen molar-refractivity contribution >= 4 is 22.7 Å². The largest absolute Gasteiger partial charge is 0.355 e. The molecule has 3 rings (SSSR count). The normalized spacial score (nSPS) is 10.9. The van der Waals surface area contributed by atoms with Crippen LogP contribution in [-0.2, 0) is 0 Å². The lowest BCUT2D eigenvalue weighted by Crippen LogP contribution is -1.74. The molecule has 0 bridgehead atoms. The van der Waals surface area contributed by atoms with E-state index in [1.54, 1.807) is 11.8 Å². The first kappa shape index (κ1) is 10.5. The molecule has 0 fully saturated rings. The lowest BCUT2D eigenvalue weighted by atomic mass is 10.1. The third-order valence-corrected chi connectivity index (χ3v) is 3.64. The van der Waals surface area contributed by atoms with E-state index in [9.17, 15) is 0 Å². The number of benzene rings is 2. The van der Waals surface area contributed by atoms with Crippen molar-refractivity contribution < 1.29 is 0 Å². The van der Waals surface area contributed by atoms with Gasteiger partial charge in [-0.25, -0.2) is 0 Å². The lowest BCUT2D eigenvalue weighted by molar-refractivity contribution is 1.44. The van der Waals surface area contributed by atoms with E-state index in [1.165, 1.54) is 27.1 Å². The van der Waals surface area contributed by atoms with Crippen molar-refractivity contribution in [3.8, 4) is 11.3 Å². The van der Waals surface area contributed by atoms with Crippen LogP contribution in [0.5, 0.6) is 0 Å². The number of rotatable bonds is 2. The Balaban J connectivity index is 2.14. The van der Waals surface area contributed by atoms with Gasteiger partial charge in [-0.15, -0.1) is 11.8 Å². The average Bonchev–Trinajstić information content (AvgIpc) is 2.82. The molecule has 0 unspecified atom stereocenters. The number of aromatic nitrogens is 1. The zero-order valence-corrected chi connectivity index (χ0v) is 10.4. The number of H-pyrrole nitrogens is 1. The molecule has 0 aliphatic rings. The summed E-state index contributed by atoms with van der Waals surface area (Å²) in [7, 11) is 0. The second-order valence-electron chi connectivity index (χ2n) is 4.00. The van der Waals surface area contributed by atoms with Gasteiger partial charge in [0.05, 0.1) is 0 Å². The number of hydrogen-bond donors (Lipinski definition) is 1. The fraction of sp³-hybridized carbons (Fsp3) is 0.0667. The highest BCUT2D eigenvalue weighted by molar-refractivity contribution is 7.98. The number of thioether (sulfide) groups is 1. The van der Waals surface area contributed by atoms with Crippen molar-refractivity contribution in [2.45, 2.75) is 4.90 Å². The fourth-order valence-corrected chi connectivity index (χ4v) is 2.46. The smallest absolute Gasteiger partial charge is 0.0464 e. The van der Waals surface area contributed by atoms with Crippen molar-refractivity contribution in [1.82, 2.24) is 4.98 Å². The quantitative estimate of drug-likeness (QED) is 0.648. The molecule has 0 aliphatic heterocycles. The van der Waals surface area contributed by atoms with Crippen LogP contribution in [0.25, 0.3) is 22.2 Å². The summed E-state index contributed by atoms with van der Waals surface area (Å²) < 4.78 is 0. The number of nitrogens with one attached hydrogen (secondary N) is 1. The Morgan fingerprint density at radius 2 is 1.76 bits per heavy atom. The first-order valence-electron chi connectivity index (χ1n) is 5.59. The van der Waals surface area contributed by atoms with E-state index in [-0.39, 0.29) is 0 Å². The molecule has 0 radical (unpaired) electrons. The third kappa shape index (κ3) is 1.96. The van der Waals surface area contributed by atoms with Gasteiger partial charge in [0, 0.05) is 21.5 Å². The van der Waals surface area contributed by atoms with Gasteiger partial charge in [0.1, 0.15) is 0 Å². The van der Waals surface area contributed by atoms with Crippen LogP contribution in [0, 0.1) is 0 Å². The molecule has 1 nitrogen and oxygen atoms in total. The molecule has 84 valence electrons. The van der Waals surface area contributed by atoms with Gasteiger partial charge >= 0.3 is 0 Å². The highest BCUT2D eigenvalue weighted by Crippen LogP contribution is 2.27. The predicted molar refractivity (Wildman–Crippen MR) is 75.5 cm³/mol. The van der Waals surface area contributed by atoms with Gasteiger partial charge in [-0.3, -0.25) is 0 Å². The highest BCUT2D eigenvalue weighted by atomic mass is 32.2. The van der Waals surface area contributed by atoms with Crippen LogP contribution in [0.2, 0.25) is 0 Å². The van der Waals surface area contributed by atoms with E-state index in [0.717, 1.165) is 0 Å². The third-order valence-electron chi connectivity index (χ3n) is 2.91. The van der Waals surface area contributed by atoms with E-state index in [4.69, 9.17) is 0 Å². The molecule has 1 heterocycles. The minimum absolute atomic E-state index is 1.18. The first-order valence-corrected chi connectivity index (χ1v) is 6.81. The number of fused-ring (bicyclic) bond motifs is 1. The van der Waals surface area contributed by atoms with Crippen LogP contribution < -0.4 is 0 Å². The summed E-state index contributed by atoms with van der Waals surface area (Å²) in [6.07, 6.45) is 2.10. The monoisotopic (exact) mass is 239 g/mol. The molecule has 0 saturated carbocycles. The van der Waals surface area contributed by atoms with E-state index >= 15 is 0 Å². The average molecular weight is 239 g/mol. The zero-order chi connectivity index (χ0) is 11.7. The van der Waals surface area contributed by atoms with Gasteiger partial charge in [-0.1, -0.05) is 30.3 Å². The Hall–Kier alpha value is -1.67. The Kier molecular flexibility index (Phi) is 2.65. The topological polar surface area (TPSA) is 15.8 Å². The van der Waals surface area contributed by atoms with Crippen LogP contribution >= 0.6 is 11.8 Å². The molecule has 1 aromatic heterocycles. The van der Waals surface area contributed by atoms with Gasteiger partial charge < -0.3 is 4.98 Å². The van der Waals surface area contributed by atoms with Crippen LogP contribution in [0.1, 0.15) is 0 Å². The van der Waals surface area contributed by atoms with Crippen LogP contribution in [0.3, 0.4) is 0 Å². The molecular weight excluding hydrogens is 226 g/mol. The number of hydrogen-bond acceptors (Lipinski definition) is 1. The fourth-order valence-electron chi connectivity index (χ4n) is 2.01. The van der Waals surface area contributed by atoms with Crippen molar-refractivity contribution in [2.24, 2.45) is 0 Å². The Labute approximate surface area is 105 Å². The standard InChI is InChI=1S/C15H13NS/c1-17-13-7-8-14-12(9-13)10-15(16-14)11-5-3-2-4-6-11/h2-10,16H,1H3. The summed E-state index contributed by atoms with van der Waals surface area (Å²) in [5.41, 5.74) is 3.61. The SMILES string of the molecule is CSc1ccc2[nH]c(-c3ccccc3)cc2c1. The maximum absolute atomic E-state index is 3.45. The van der Waals surface area contributed by atoms with Crippen molar-refractivity contribution in [3.63, 3.8) is 0 Å². The summed E-state index contributed by atoms with van der Waals surface area (Å²) in [4.78, 5) is 4.76.